The van der Waals surface area contributed by atoms with Crippen LogP contribution in [-0.4, -0.2) is 47.9 Å². The van der Waals surface area contributed by atoms with Crippen LogP contribution in [0.4, 0.5) is 0 Å². The number of nitrogens with zero attached hydrogens (tertiary/aromatic N) is 1. The van der Waals surface area contributed by atoms with Crippen molar-refractivity contribution < 1.29 is 9.59 Å². The molecule has 2 saturated heterocycles. The average Bonchev–Trinajstić information content (AvgIpc) is 3.01. The molecule has 2 aliphatic heterocycles. The summed E-state index contributed by atoms with van der Waals surface area (Å²) in [5.41, 5.74) is -0.377. The van der Waals surface area contributed by atoms with Gasteiger partial charge in [0.25, 0.3) is 0 Å². The first-order valence-electron chi connectivity index (χ1n) is 7.91. The monoisotopic (exact) mass is 281 g/mol. The quantitative estimate of drug-likeness (QED) is 0.764. The van der Waals surface area contributed by atoms with Gasteiger partial charge in [0.05, 0.1) is 5.54 Å². The van der Waals surface area contributed by atoms with Crippen molar-refractivity contribution in [1.29, 1.82) is 0 Å². The third kappa shape index (κ3) is 3.32. The maximum atomic E-state index is 12.5. The van der Waals surface area contributed by atoms with Gasteiger partial charge in [-0.05, 0) is 39.2 Å². The van der Waals surface area contributed by atoms with Crippen molar-refractivity contribution in [3.63, 3.8) is 0 Å². The highest BCUT2D eigenvalue weighted by Gasteiger charge is 2.40. The van der Waals surface area contributed by atoms with Crippen LogP contribution in [0.5, 0.6) is 0 Å². The Morgan fingerprint density at radius 2 is 2.30 bits per heavy atom. The van der Waals surface area contributed by atoms with Crippen molar-refractivity contribution in [2.45, 2.75) is 64.0 Å². The van der Waals surface area contributed by atoms with E-state index in [-0.39, 0.29) is 23.4 Å². The van der Waals surface area contributed by atoms with E-state index >= 15 is 0 Å². The number of amides is 2. The highest BCUT2D eigenvalue weighted by molar-refractivity contribution is 5.87. The first kappa shape index (κ1) is 15.3. The van der Waals surface area contributed by atoms with Crippen molar-refractivity contribution in [2.75, 3.05) is 19.6 Å². The fraction of sp³-hybridized carbons (Fsp3) is 0.867. The molecule has 2 amide bonds. The predicted octanol–water partition coefficient (Wildman–Crippen LogP) is 1.04. The Hall–Kier alpha value is -1.10. The van der Waals surface area contributed by atoms with Gasteiger partial charge >= 0.3 is 0 Å². The smallest absolute Gasteiger partial charge is 0.240 e. The molecule has 114 valence electrons. The lowest BCUT2D eigenvalue weighted by Gasteiger charge is -2.30. The van der Waals surface area contributed by atoms with Gasteiger partial charge in [-0.2, -0.15) is 0 Å². The predicted molar refractivity (Wildman–Crippen MR) is 78.3 cm³/mol. The van der Waals surface area contributed by atoms with Crippen LogP contribution in [0.15, 0.2) is 0 Å². The second kappa shape index (κ2) is 6.57. The summed E-state index contributed by atoms with van der Waals surface area (Å²) in [5.74, 6) is 0.323. The average molecular weight is 281 g/mol. The van der Waals surface area contributed by atoms with E-state index in [0.717, 1.165) is 45.2 Å². The van der Waals surface area contributed by atoms with Crippen molar-refractivity contribution in [3.8, 4) is 0 Å². The summed E-state index contributed by atoms with van der Waals surface area (Å²) >= 11 is 0. The maximum absolute atomic E-state index is 12.5. The molecule has 0 aromatic rings. The fourth-order valence-corrected chi connectivity index (χ4v) is 3.39. The van der Waals surface area contributed by atoms with Crippen LogP contribution < -0.4 is 10.6 Å². The Morgan fingerprint density at radius 3 is 2.85 bits per heavy atom. The van der Waals surface area contributed by atoms with Gasteiger partial charge in [-0.1, -0.05) is 13.3 Å². The van der Waals surface area contributed by atoms with Gasteiger partial charge in [-0.15, -0.1) is 0 Å². The minimum atomic E-state index is -0.377. The molecular formula is C15H27N3O2. The molecule has 0 radical (unpaired) electrons. The van der Waals surface area contributed by atoms with Crippen LogP contribution >= 0.6 is 0 Å². The zero-order valence-electron chi connectivity index (χ0n) is 12.7. The van der Waals surface area contributed by atoms with Gasteiger partial charge in [0.1, 0.15) is 0 Å². The highest BCUT2D eigenvalue weighted by Crippen LogP contribution is 2.25. The number of rotatable bonds is 6. The Kier molecular flexibility index (Phi) is 5.02. The number of carbonyl (C=O) groups is 2. The van der Waals surface area contributed by atoms with E-state index in [0.29, 0.717) is 13.0 Å². The molecule has 2 atom stereocenters. The van der Waals surface area contributed by atoms with Crippen LogP contribution in [0.3, 0.4) is 0 Å². The molecule has 5 heteroatoms. The van der Waals surface area contributed by atoms with Crippen molar-refractivity contribution in [2.24, 2.45) is 0 Å². The molecule has 0 aromatic carbocycles. The van der Waals surface area contributed by atoms with Gasteiger partial charge in [-0.25, -0.2) is 0 Å². The molecule has 2 heterocycles. The Bertz CT molecular complexity index is 364. The minimum absolute atomic E-state index is 0.0145. The van der Waals surface area contributed by atoms with Gasteiger partial charge in [-0.3, -0.25) is 9.59 Å². The lowest BCUT2D eigenvalue weighted by molar-refractivity contribution is -0.131. The molecule has 2 fully saturated rings. The molecular weight excluding hydrogens is 254 g/mol. The first-order valence-corrected chi connectivity index (χ1v) is 7.91. The number of carbonyl (C=O) groups excluding carboxylic acids is 2. The standard InChI is InChI=1S/C15H27N3O2/c1-3-7-15(8-5-9-16-15)14(20)17-12(2)11-18-10-4-6-13(18)19/h12,16H,3-11H2,1-2H3,(H,17,20). The topological polar surface area (TPSA) is 61.4 Å². The zero-order chi connectivity index (χ0) is 14.6. The summed E-state index contributed by atoms with van der Waals surface area (Å²) in [4.78, 5) is 26.0. The van der Waals surface area contributed by atoms with E-state index < -0.39 is 0 Å². The molecule has 0 aliphatic carbocycles. The Morgan fingerprint density at radius 1 is 1.50 bits per heavy atom. The van der Waals surface area contributed by atoms with E-state index in [1.165, 1.54) is 0 Å². The third-order valence-corrected chi connectivity index (χ3v) is 4.40. The molecule has 20 heavy (non-hydrogen) atoms. The van der Waals surface area contributed by atoms with Crippen LogP contribution in [0.2, 0.25) is 0 Å². The molecule has 2 aliphatic rings. The molecule has 0 saturated carbocycles. The van der Waals surface area contributed by atoms with E-state index in [1.54, 1.807) is 0 Å². The van der Waals surface area contributed by atoms with Crippen molar-refractivity contribution in [3.05, 3.63) is 0 Å². The first-order chi connectivity index (χ1) is 9.57. The Labute approximate surface area is 121 Å². The largest absolute Gasteiger partial charge is 0.350 e. The lowest BCUT2D eigenvalue weighted by atomic mass is 9.90. The number of nitrogens with one attached hydrogen (secondary N) is 2. The second-order valence-electron chi connectivity index (χ2n) is 6.18. The van der Waals surface area contributed by atoms with Crippen LogP contribution in [-0.2, 0) is 9.59 Å². The summed E-state index contributed by atoms with van der Waals surface area (Å²) in [6.07, 6.45) is 5.46. The summed E-state index contributed by atoms with van der Waals surface area (Å²) in [5, 5.41) is 6.49. The van der Waals surface area contributed by atoms with E-state index in [2.05, 4.69) is 17.6 Å². The van der Waals surface area contributed by atoms with Crippen molar-refractivity contribution in [1.82, 2.24) is 15.5 Å². The molecule has 2 unspecified atom stereocenters. The summed E-state index contributed by atoms with van der Waals surface area (Å²) in [6.45, 7) is 6.48. The normalized spacial score (nSPS) is 27.9. The second-order valence-corrected chi connectivity index (χ2v) is 6.18. The highest BCUT2D eigenvalue weighted by atomic mass is 16.2. The summed E-state index contributed by atoms with van der Waals surface area (Å²) < 4.78 is 0. The third-order valence-electron chi connectivity index (χ3n) is 4.40. The number of hydrogen-bond donors (Lipinski definition) is 2. The Balaban J connectivity index is 1.87. The van der Waals surface area contributed by atoms with Gasteiger partial charge < -0.3 is 15.5 Å². The van der Waals surface area contributed by atoms with E-state index in [1.807, 2.05) is 11.8 Å². The number of likely N-dealkylation sites (tertiary alicyclic amines) is 1. The molecule has 0 aromatic heterocycles. The summed E-state index contributed by atoms with van der Waals surface area (Å²) in [6, 6.07) is 0.0145. The zero-order valence-corrected chi connectivity index (χ0v) is 12.7. The maximum Gasteiger partial charge on any atom is 0.240 e. The number of hydrogen-bond acceptors (Lipinski definition) is 3. The van der Waals surface area contributed by atoms with Crippen LogP contribution in [0.1, 0.15) is 52.4 Å². The molecule has 0 bridgehead atoms. The fourth-order valence-electron chi connectivity index (χ4n) is 3.39. The molecule has 5 nitrogen and oxygen atoms in total. The molecule has 2 N–H and O–H groups in total. The van der Waals surface area contributed by atoms with E-state index in [9.17, 15) is 9.59 Å². The minimum Gasteiger partial charge on any atom is -0.350 e. The van der Waals surface area contributed by atoms with Gasteiger partial charge in [0.15, 0.2) is 0 Å². The molecule has 0 spiro atoms. The van der Waals surface area contributed by atoms with Gasteiger partial charge in [0, 0.05) is 25.6 Å². The molecule has 2 rings (SSSR count). The van der Waals surface area contributed by atoms with Gasteiger partial charge in [0.2, 0.25) is 11.8 Å². The SMILES string of the molecule is CCCC1(C(=O)NC(C)CN2CCCC2=O)CCCN1. The lowest BCUT2D eigenvalue weighted by Crippen LogP contribution is -2.56. The van der Waals surface area contributed by atoms with Crippen LogP contribution in [0.25, 0.3) is 0 Å². The summed E-state index contributed by atoms with van der Waals surface area (Å²) in [7, 11) is 0. The van der Waals surface area contributed by atoms with Crippen LogP contribution in [0, 0.1) is 0 Å². The van der Waals surface area contributed by atoms with E-state index in [4.69, 9.17) is 0 Å². The van der Waals surface area contributed by atoms with Crippen molar-refractivity contribution >= 4 is 11.8 Å².